The molecule has 0 amide bonds. The van der Waals surface area contributed by atoms with Crippen LogP contribution in [0.1, 0.15) is 32.3 Å². The van der Waals surface area contributed by atoms with Crippen molar-refractivity contribution in [3.63, 3.8) is 0 Å². The highest BCUT2D eigenvalue weighted by atomic mass is 32.2. The van der Waals surface area contributed by atoms with E-state index in [4.69, 9.17) is 5.11 Å². The Morgan fingerprint density at radius 3 is 2.45 bits per heavy atom. The molecule has 0 atom stereocenters. The topological polar surface area (TPSA) is 127 Å². The Morgan fingerprint density at radius 2 is 2.00 bits per heavy atom. The van der Waals surface area contributed by atoms with Gasteiger partial charge < -0.3 is 5.11 Å². The van der Waals surface area contributed by atoms with Gasteiger partial charge in [0.2, 0.25) is 10.0 Å². The number of carboxylic acid groups (broad SMARTS) is 1. The third-order valence-electron chi connectivity index (χ3n) is 3.05. The van der Waals surface area contributed by atoms with Gasteiger partial charge in [0.15, 0.2) is 0 Å². The first-order valence-electron chi connectivity index (χ1n) is 6.45. The summed E-state index contributed by atoms with van der Waals surface area (Å²) in [6, 6.07) is 3.50. The second kappa shape index (κ2) is 6.41. The largest absolute Gasteiger partial charge is 0.481 e. The molecule has 0 fully saturated rings. The van der Waals surface area contributed by atoms with Crippen LogP contribution in [0.25, 0.3) is 0 Å². The van der Waals surface area contributed by atoms with Crippen molar-refractivity contribution >= 4 is 21.7 Å². The van der Waals surface area contributed by atoms with Crippen LogP contribution in [0.3, 0.4) is 0 Å². The molecule has 122 valence electrons. The maximum atomic E-state index is 12.3. The van der Waals surface area contributed by atoms with E-state index >= 15 is 0 Å². The monoisotopic (exact) mass is 330 g/mol. The minimum atomic E-state index is -3.90. The molecule has 1 rings (SSSR count). The second-order valence-corrected chi connectivity index (χ2v) is 7.27. The van der Waals surface area contributed by atoms with Crippen molar-refractivity contribution in [2.24, 2.45) is 0 Å². The summed E-state index contributed by atoms with van der Waals surface area (Å²) in [7, 11) is -3.90. The lowest BCUT2D eigenvalue weighted by atomic mass is 10.0. The van der Waals surface area contributed by atoms with E-state index in [0.29, 0.717) is 0 Å². The van der Waals surface area contributed by atoms with Gasteiger partial charge in [0.1, 0.15) is 0 Å². The molecule has 1 aromatic rings. The normalized spacial score (nSPS) is 12.1. The van der Waals surface area contributed by atoms with Gasteiger partial charge in [-0.25, -0.2) is 13.1 Å². The Kier molecular flexibility index (Phi) is 5.26. The average Bonchev–Trinajstić information content (AvgIpc) is 2.34. The zero-order valence-corrected chi connectivity index (χ0v) is 13.3. The third kappa shape index (κ3) is 4.78. The van der Waals surface area contributed by atoms with Crippen molar-refractivity contribution in [3.8, 4) is 0 Å². The van der Waals surface area contributed by atoms with Crippen LogP contribution in [-0.4, -0.2) is 30.0 Å². The zero-order valence-electron chi connectivity index (χ0n) is 12.5. The van der Waals surface area contributed by atoms with Crippen LogP contribution in [0.4, 0.5) is 5.69 Å². The van der Waals surface area contributed by atoms with Gasteiger partial charge in [0.05, 0.1) is 9.82 Å². The Hall–Kier alpha value is -2.00. The van der Waals surface area contributed by atoms with Gasteiger partial charge in [-0.15, -0.1) is 0 Å². The highest BCUT2D eigenvalue weighted by Gasteiger charge is 2.27. The lowest BCUT2D eigenvalue weighted by molar-refractivity contribution is -0.385. The molecule has 0 unspecified atom stereocenters. The predicted octanol–water partition coefficient (Wildman–Crippen LogP) is 1.82. The molecular weight excluding hydrogens is 312 g/mol. The van der Waals surface area contributed by atoms with Crippen molar-refractivity contribution in [2.75, 3.05) is 0 Å². The SMILES string of the molecule is Cc1cc(S(=O)(=O)NC(C)(C)CCC(=O)O)ccc1[N+](=O)[O-]. The molecule has 0 aliphatic heterocycles. The highest BCUT2D eigenvalue weighted by molar-refractivity contribution is 7.89. The first kappa shape index (κ1) is 18.1. The third-order valence-corrected chi connectivity index (χ3v) is 4.75. The molecule has 0 heterocycles. The number of hydrogen-bond acceptors (Lipinski definition) is 5. The quantitative estimate of drug-likeness (QED) is 0.580. The van der Waals surface area contributed by atoms with Crippen LogP contribution < -0.4 is 4.72 Å². The zero-order chi connectivity index (χ0) is 17.1. The van der Waals surface area contributed by atoms with E-state index in [1.165, 1.54) is 13.0 Å². The first-order valence-corrected chi connectivity index (χ1v) is 7.94. The summed E-state index contributed by atoms with van der Waals surface area (Å²) < 4.78 is 27.0. The summed E-state index contributed by atoms with van der Waals surface area (Å²) >= 11 is 0. The van der Waals surface area contributed by atoms with Crippen LogP contribution in [0, 0.1) is 17.0 Å². The van der Waals surface area contributed by atoms with Crippen molar-refractivity contribution in [1.29, 1.82) is 0 Å². The van der Waals surface area contributed by atoms with Gasteiger partial charge in [0, 0.05) is 23.6 Å². The Bertz CT molecular complexity index is 696. The second-order valence-electron chi connectivity index (χ2n) is 5.59. The first-order chi connectivity index (χ1) is 9.94. The van der Waals surface area contributed by atoms with E-state index in [1.807, 2.05) is 0 Å². The number of aryl methyl sites for hydroxylation is 1. The lowest BCUT2D eigenvalue weighted by Gasteiger charge is -2.25. The molecule has 1 aromatic carbocycles. The van der Waals surface area contributed by atoms with Crippen molar-refractivity contribution in [3.05, 3.63) is 33.9 Å². The van der Waals surface area contributed by atoms with Crippen LogP contribution in [0.2, 0.25) is 0 Å². The van der Waals surface area contributed by atoms with E-state index in [9.17, 15) is 23.3 Å². The molecule has 22 heavy (non-hydrogen) atoms. The fourth-order valence-corrected chi connectivity index (χ4v) is 3.42. The molecule has 9 heteroatoms. The fraction of sp³-hybridized carbons (Fsp3) is 0.462. The van der Waals surface area contributed by atoms with Crippen LogP contribution in [0.5, 0.6) is 0 Å². The smallest absolute Gasteiger partial charge is 0.303 e. The molecule has 2 N–H and O–H groups in total. The molecule has 0 saturated heterocycles. The summed E-state index contributed by atoms with van der Waals surface area (Å²) in [5.74, 6) is -1.02. The number of nitrogens with one attached hydrogen (secondary N) is 1. The number of carbonyl (C=O) groups is 1. The van der Waals surface area contributed by atoms with E-state index in [-0.39, 0.29) is 29.0 Å². The molecule has 0 aliphatic rings. The number of nitro benzene ring substituents is 1. The van der Waals surface area contributed by atoms with Gasteiger partial charge in [-0.3, -0.25) is 14.9 Å². The maximum Gasteiger partial charge on any atom is 0.303 e. The number of carboxylic acids is 1. The fourth-order valence-electron chi connectivity index (χ4n) is 1.89. The number of nitro groups is 1. The number of rotatable bonds is 7. The summed E-state index contributed by atoms with van der Waals surface area (Å²) in [5, 5.41) is 19.4. The molecular formula is C13H18N2O6S. The minimum Gasteiger partial charge on any atom is -0.481 e. The molecule has 0 radical (unpaired) electrons. The Balaban J connectivity index is 3.02. The number of benzene rings is 1. The van der Waals surface area contributed by atoms with Crippen LogP contribution >= 0.6 is 0 Å². The van der Waals surface area contributed by atoms with Gasteiger partial charge in [-0.05, 0) is 39.3 Å². The molecule has 0 saturated carbocycles. The number of aliphatic carboxylic acids is 1. The van der Waals surface area contributed by atoms with E-state index in [0.717, 1.165) is 12.1 Å². The average molecular weight is 330 g/mol. The minimum absolute atomic E-state index is 0.0981. The summed E-state index contributed by atoms with van der Waals surface area (Å²) in [4.78, 5) is 20.6. The van der Waals surface area contributed by atoms with Gasteiger partial charge >= 0.3 is 5.97 Å². The molecule has 0 aromatic heterocycles. The Labute approximate surface area is 128 Å². The van der Waals surface area contributed by atoms with Gasteiger partial charge in [-0.1, -0.05) is 0 Å². The summed E-state index contributed by atoms with van der Waals surface area (Å²) in [6.07, 6.45) is -0.0532. The van der Waals surface area contributed by atoms with E-state index in [1.54, 1.807) is 13.8 Å². The standard InChI is InChI=1S/C13H18N2O6S/c1-9-8-10(4-5-11(9)15(18)19)22(20,21)14-13(2,3)7-6-12(16)17/h4-5,8,14H,6-7H2,1-3H3,(H,16,17). The van der Waals surface area contributed by atoms with E-state index < -0.39 is 26.5 Å². The number of hydrogen-bond donors (Lipinski definition) is 2. The maximum absolute atomic E-state index is 12.3. The molecule has 0 spiro atoms. The molecule has 8 nitrogen and oxygen atoms in total. The number of nitrogens with zero attached hydrogens (tertiary/aromatic N) is 1. The molecule has 0 bridgehead atoms. The highest BCUT2D eigenvalue weighted by Crippen LogP contribution is 2.23. The Morgan fingerprint density at radius 1 is 1.41 bits per heavy atom. The van der Waals surface area contributed by atoms with Crippen molar-refractivity contribution < 1.29 is 23.2 Å². The van der Waals surface area contributed by atoms with Gasteiger partial charge in [0.25, 0.3) is 5.69 Å². The van der Waals surface area contributed by atoms with Crippen LogP contribution in [0.15, 0.2) is 23.1 Å². The summed E-state index contributed by atoms with van der Waals surface area (Å²) in [5.41, 5.74) is -0.882. The summed E-state index contributed by atoms with van der Waals surface area (Å²) in [6.45, 7) is 4.60. The predicted molar refractivity (Wildman–Crippen MR) is 79.1 cm³/mol. The van der Waals surface area contributed by atoms with Crippen LogP contribution in [-0.2, 0) is 14.8 Å². The van der Waals surface area contributed by atoms with Crippen molar-refractivity contribution in [1.82, 2.24) is 4.72 Å². The molecule has 0 aliphatic carbocycles. The number of sulfonamides is 1. The van der Waals surface area contributed by atoms with Crippen molar-refractivity contribution in [2.45, 2.75) is 44.0 Å². The van der Waals surface area contributed by atoms with Gasteiger partial charge in [-0.2, -0.15) is 0 Å². The lowest BCUT2D eigenvalue weighted by Crippen LogP contribution is -2.43. The van der Waals surface area contributed by atoms with E-state index in [2.05, 4.69) is 4.72 Å².